The van der Waals surface area contributed by atoms with Crippen LogP contribution in [0.3, 0.4) is 0 Å². The van der Waals surface area contributed by atoms with Crippen molar-refractivity contribution in [1.29, 1.82) is 0 Å². The Morgan fingerprint density at radius 2 is 1.61 bits per heavy atom. The molecule has 238 valence electrons. The van der Waals surface area contributed by atoms with E-state index in [1.807, 2.05) is 17.9 Å². The topological polar surface area (TPSA) is 84.6 Å². The van der Waals surface area contributed by atoms with Gasteiger partial charge in [0.2, 0.25) is 0 Å². The maximum absolute atomic E-state index is 15.9. The zero-order chi connectivity index (χ0) is 30.8. The van der Waals surface area contributed by atoms with Crippen molar-refractivity contribution < 1.29 is 13.5 Å². The highest BCUT2D eigenvalue weighted by Crippen LogP contribution is 2.42. The summed E-state index contributed by atoms with van der Waals surface area (Å²) in [4.78, 5) is 31.9. The molecule has 2 fully saturated rings. The second-order valence-electron chi connectivity index (χ2n) is 12.6. The summed E-state index contributed by atoms with van der Waals surface area (Å²) < 4.78 is 40.2. The average molecular weight is 611 g/mol. The van der Waals surface area contributed by atoms with Gasteiger partial charge < -0.3 is 24.4 Å². The average Bonchev–Trinajstić information content (AvgIpc) is 3.03. The van der Waals surface area contributed by atoms with E-state index in [0.717, 1.165) is 38.6 Å². The molecule has 4 aliphatic rings. The third kappa shape index (κ3) is 6.13. The van der Waals surface area contributed by atoms with E-state index in [4.69, 9.17) is 4.74 Å². The van der Waals surface area contributed by atoms with Crippen LogP contribution in [-0.2, 0) is 24.3 Å². The van der Waals surface area contributed by atoms with Gasteiger partial charge in [-0.25, -0.2) is 13.5 Å². The smallest absolute Gasteiger partial charge is 0.291 e. The van der Waals surface area contributed by atoms with Gasteiger partial charge in [0.25, 0.3) is 17.0 Å². The Labute approximate surface area is 256 Å². The molecule has 2 saturated heterocycles. The Bertz CT molecular complexity index is 1590. The van der Waals surface area contributed by atoms with Crippen LogP contribution in [0.25, 0.3) is 10.9 Å². The number of fused-ring (bicyclic) bond motifs is 9. The van der Waals surface area contributed by atoms with Crippen molar-refractivity contribution in [3.8, 4) is 0 Å². The SMILES string of the molecule is C[C@H]1Nc2nn(C)c(=O)c3c2cc(N2CCOCC2)c(=O)n3CCCCCCCN2CCC(CC2)C(F)(F)c2cccc1c2. The van der Waals surface area contributed by atoms with Crippen molar-refractivity contribution in [2.45, 2.75) is 70.4 Å². The van der Waals surface area contributed by atoms with Crippen molar-refractivity contribution in [2.75, 3.05) is 56.2 Å². The van der Waals surface area contributed by atoms with Gasteiger partial charge in [-0.1, -0.05) is 37.5 Å². The Morgan fingerprint density at radius 3 is 2.36 bits per heavy atom. The predicted octanol–water partition coefficient (Wildman–Crippen LogP) is 4.87. The number of aromatic nitrogens is 3. The van der Waals surface area contributed by atoms with Gasteiger partial charge in [0, 0.05) is 38.2 Å². The first kappa shape index (κ1) is 30.7. The van der Waals surface area contributed by atoms with Gasteiger partial charge in [-0.05, 0) is 69.9 Å². The lowest BCUT2D eigenvalue weighted by Crippen LogP contribution is -2.41. The first-order valence-electron chi connectivity index (χ1n) is 16.2. The zero-order valence-electron chi connectivity index (χ0n) is 25.9. The molecule has 0 amide bonds. The molecule has 3 aromatic rings. The summed E-state index contributed by atoms with van der Waals surface area (Å²) in [5.74, 6) is -3.17. The summed E-state index contributed by atoms with van der Waals surface area (Å²) in [6, 6.07) is 8.06. The molecular weight excluding hydrogens is 566 g/mol. The van der Waals surface area contributed by atoms with Crippen LogP contribution in [0, 0.1) is 5.92 Å². The van der Waals surface area contributed by atoms with Crippen LogP contribution in [0.2, 0.25) is 0 Å². The van der Waals surface area contributed by atoms with E-state index < -0.39 is 11.8 Å². The predicted molar refractivity (Wildman–Crippen MR) is 169 cm³/mol. The number of halogens is 2. The van der Waals surface area contributed by atoms with Gasteiger partial charge in [-0.3, -0.25) is 9.59 Å². The molecule has 0 aliphatic carbocycles. The molecule has 1 atom stereocenters. The molecule has 7 rings (SSSR count). The molecule has 2 aromatic heterocycles. The Balaban J connectivity index is 1.44. The number of hydrogen-bond acceptors (Lipinski definition) is 7. The molecule has 1 aromatic carbocycles. The maximum Gasteiger partial charge on any atom is 0.291 e. The molecule has 6 heterocycles. The second-order valence-corrected chi connectivity index (χ2v) is 12.6. The van der Waals surface area contributed by atoms with Crippen LogP contribution in [0.1, 0.15) is 69.0 Å². The fourth-order valence-electron chi connectivity index (χ4n) is 7.01. The van der Waals surface area contributed by atoms with Crippen molar-refractivity contribution >= 4 is 22.4 Å². The lowest BCUT2D eigenvalue weighted by molar-refractivity contribution is -0.0855. The van der Waals surface area contributed by atoms with Gasteiger partial charge in [0.05, 0.1) is 24.6 Å². The van der Waals surface area contributed by atoms with E-state index in [2.05, 4.69) is 15.3 Å². The minimum Gasteiger partial charge on any atom is -0.378 e. The number of ether oxygens (including phenoxy) is 1. The van der Waals surface area contributed by atoms with Gasteiger partial charge in [0.15, 0.2) is 5.82 Å². The van der Waals surface area contributed by atoms with E-state index in [9.17, 15) is 9.59 Å². The van der Waals surface area contributed by atoms with E-state index >= 15 is 8.78 Å². The summed E-state index contributed by atoms with van der Waals surface area (Å²) >= 11 is 0. The van der Waals surface area contributed by atoms with Crippen molar-refractivity contribution in [1.82, 2.24) is 19.2 Å². The largest absolute Gasteiger partial charge is 0.378 e. The van der Waals surface area contributed by atoms with Crippen LogP contribution in [0.4, 0.5) is 20.3 Å². The minimum atomic E-state index is -2.93. The highest BCUT2D eigenvalue weighted by molar-refractivity contribution is 5.91. The highest BCUT2D eigenvalue weighted by Gasteiger charge is 2.42. The number of morpholine rings is 1. The number of nitrogens with zero attached hydrogens (tertiary/aromatic N) is 5. The monoisotopic (exact) mass is 610 g/mol. The molecule has 1 N–H and O–H groups in total. The number of nitrogens with one attached hydrogen (secondary N) is 1. The van der Waals surface area contributed by atoms with Crippen LogP contribution < -0.4 is 21.3 Å². The molecule has 8 bridgehead atoms. The molecule has 44 heavy (non-hydrogen) atoms. The second kappa shape index (κ2) is 13.0. The van der Waals surface area contributed by atoms with Crippen molar-refractivity contribution in [3.63, 3.8) is 0 Å². The molecule has 0 saturated carbocycles. The van der Waals surface area contributed by atoms with E-state index in [1.165, 1.54) is 10.7 Å². The molecule has 9 nitrogen and oxygen atoms in total. The summed E-state index contributed by atoms with van der Waals surface area (Å²) in [7, 11) is 1.58. The third-order valence-electron chi connectivity index (χ3n) is 9.70. The summed E-state index contributed by atoms with van der Waals surface area (Å²) in [6.07, 6.45) is 5.78. The van der Waals surface area contributed by atoms with Crippen LogP contribution in [0.5, 0.6) is 0 Å². The number of anilines is 2. The number of piperidine rings is 1. The molecule has 11 heteroatoms. The lowest BCUT2D eigenvalue weighted by Gasteiger charge is -2.36. The number of benzene rings is 1. The molecule has 0 radical (unpaired) electrons. The van der Waals surface area contributed by atoms with Gasteiger partial charge in [0.1, 0.15) is 11.2 Å². The van der Waals surface area contributed by atoms with Gasteiger partial charge in [-0.2, -0.15) is 5.10 Å². The van der Waals surface area contributed by atoms with E-state index in [1.54, 1.807) is 29.8 Å². The van der Waals surface area contributed by atoms with Crippen molar-refractivity contribution in [3.05, 3.63) is 62.2 Å². The normalized spacial score (nSPS) is 25.0. The maximum atomic E-state index is 15.9. The molecule has 4 aliphatic heterocycles. The zero-order valence-corrected chi connectivity index (χ0v) is 25.9. The number of aryl methyl sites for hydroxylation is 2. The number of alkyl halides is 2. The summed E-state index contributed by atoms with van der Waals surface area (Å²) in [5, 5.41) is 8.54. The summed E-state index contributed by atoms with van der Waals surface area (Å²) in [5.41, 5.74) is 1.06. The van der Waals surface area contributed by atoms with Crippen LogP contribution >= 0.6 is 0 Å². The van der Waals surface area contributed by atoms with Gasteiger partial charge in [-0.15, -0.1) is 0 Å². The Hall–Kier alpha value is -3.31. The minimum absolute atomic E-state index is 0.0368. The van der Waals surface area contributed by atoms with Crippen LogP contribution in [0.15, 0.2) is 39.9 Å². The van der Waals surface area contributed by atoms with E-state index in [0.29, 0.717) is 86.8 Å². The first-order valence-corrected chi connectivity index (χ1v) is 16.2. The molecule has 0 spiro atoms. The number of pyridine rings is 1. The van der Waals surface area contributed by atoms with Crippen molar-refractivity contribution in [2.24, 2.45) is 13.0 Å². The lowest BCUT2D eigenvalue weighted by atomic mass is 9.85. The number of hydrogen-bond donors (Lipinski definition) is 1. The first-order chi connectivity index (χ1) is 21.2. The Kier molecular flexibility index (Phi) is 9.05. The van der Waals surface area contributed by atoms with Gasteiger partial charge >= 0.3 is 0 Å². The highest BCUT2D eigenvalue weighted by atomic mass is 19.3. The fourth-order valence-corrected chi connectivity index (χ4v) is 7.01. The fraction of sp³-hybridized carbons (Fsp3) is 0.606. The van der Waals surface area contributed by atoms with Crippen LogP contribution in [-0.4, -0.2) is 65.2 Å². The number of rotatable bonds is 1. The Morgan fingerprint density at radius 1 is 0.909 bits per heavy atom. The summed E-state index contributed by atoms with van der Waals surface area (Å²) in [6.45, 7) is 6.87. The third-order valence-corrected chi connectivity index (χ3v) is 9.70. The molecular formula is C33H44F2N6O3. The standard InChI is InChI=1S/C33H44F2N6O3/c1-23-24-9-8-10-26(21-24)33(34,35)25-11-15-39(16-12-25)13-6-4-3-5-7-14-41-29-27(30(36-23)37-38(2)32(29)43)22-28(31(41)42)40-17-19-44-20-18-40/h8-10,21-23,25H,3-7,11-20H2,1-2H3,(H,36,37)/t23-/m1/s1. The quantitative estimate of drug-likeness (QED) is 0.421. The van der Waals surface area contributed by atoms with E-state index in [-0.39, 0.29) is 22.7 Å². The molecule has 0 unspecified atom stereocenters.